The molecule has 0 radical (unpaired) electrons. The number of nitriles is 1. The van der Waals surface area contributed by atoms with Gasteiger partial charge in [0, 0.05) is 18.5 Å². The van der Waals surface area contributed by atoms with Crippen LogP contribution in [0.3, 0.4) is 0 Å². The van der Waals surface area contributed by atoms with Gasteiger partial charge >= 0.3 is 11.3 Å². The zero-order chi connectivity index (χ0) is 15.7. The zero-order valence-corrected chi connectivity index (χ0v) is 11.3. The quantitative estimate of drug-likeness (QED) is 0.477. The minimum Gasteiger partial charge on any atom is -0.422 e. The molecule has 8 nitrogen and oxygen atoms in total. The van der Waals surface area contributed by atoms with Gasteiger partial charge in [0.2, 0.25) is 0 Å². The molecule has 0 bridgehead atoms. The second-order valence-electron chi connectivity index (χ2n) is 4.58. The Hall–Kier alpha value is -3.34. The van der Waals surface area contributed by atoms with E-state index < -0.39 is 10.5 Å². The molecule has 0 spiro atoms. The summed E-state index contributed by atoms with van der Waals surface area (Å²) in [6.45, 7) is 1.04. The van der Waals surface area contributed by atoms with E-state index in [4.69, 9.17) is 4.42 Å². The summed E-state index contributed by atoms with van der Waals surface area (Å²) < 4.78 is 5.05. The average Bonchev–Trinajstić information content (AvgIpc) is 3.01. The maximum absolute atomic E-state index is 12.0. The number of nitrogens with zero attached hydrogens (tertiary/aromatic N) is 2. The van der Waals surface area contributed by atoms with Gasteiger partial charge in [-0.3, -0.25) is 10.1 Å². The molecule has 2 N–H and O–H groups in total. The molecule has 0 aliphatic carbocycles. The van der Waals surface area contributed by atoms with Crippen molar-refractivity contribution >= 4 is 16.7 Å². The first kappa shape index (κ1) is 13.6. The lowest BCUT2D eigenvalue weighted by Gasteiger charge is -2.08. The molecule has 1 aliphatic rings. The molecular weight excluding hydrogens is 288 g/mol. The van der Waals surface area contributed by atoms with Gasteiger partial charge in [-0.1, -0.05) is 18.2 Å². The van der Waals surface area contributed by atoms with Crippen LogP contribution in [0.1, 0.15) is 11.1 Å². The maximum Gasteiger partial charge on any atom is 0.355 e. The Bertz CT molecular complexity index is 899. The predicted octanol–water partition coefficient (Wildman–Crippen LogP) is 0.760. The van der Waals surface area contributed by atoms with Crippen molar-refractivity contribution in [2.45, 2.75) is 0 Å². The van der Waals surface area contributed by atoms with Gasteiger partial charge in [-0.25, -0.2) is 4.79 Å². The molecule has 110 valence electrons. The summed E-state index contributed by atoms with van der Waals surface area (Å²) in [5.74, 6) is 0.192. The molecule has 8 heteroatoms. The zero-order valence-electron chi connectivity index (χ0n) is 11.3. The van der Waals surface area contributed by atoms with Crippen molar-refractivity contribution in [3.8, 4) is 6.07 Å². The molecule has 3 rings (SSSR count). The van der Waals surface area contributed by atoms with E-state index in [0.29, 0.717) is 18.5 Å². The SMILES string of the molecule is N#Cc1c(C(=C2NCCN2)[N+](=O)[O-])c2ccccc2oc1=O. The number of hydrogen-bond donors (Lipinski definition) is 2. The molecule has 1 aromatic carbocycles. The van der Waals surface area contributed by atoms with E-state index in [2.05, 4.69) is 10.6 Å². The summed E-state index contributed by atoms with van der Waals surface area (Å²) in [7, 11) is 0. The van der Waals surface area contributed by atoms with Crippen molar-refractivity contribution in [1.29, 1.82) is 5.26 Å². The number of fused-ring (bicyclic) bond motifs is 1. The lowest BCUT2D eigenvalue weighted by Crippen LogP contribution is -2.20. The van der Waals surface area contributed by atoms with Crippen molar-refractivity contribution in [3.63, 3.8) is 0 Å². The van der Waals surface area contributed by atoms with E-state index in [1.165, 1.54) is 6.07 Å². The summed E-state index contributed by atoms with van der Waals surface area (Å²) in [4.78, 5) is 22.9. The van der Waals surface area contributed by atoms with Crippen molar-refractivity contribution in [1.82, 2.24) is 10.6 Å². The molecule has 0 unspecified atom stereocenters. The van der Waals surface area contributed by atoms with Crippen LogP contribution in [0.25, 0.3) is 16.7 Å². The summed E-state index contributed by atoms with van der Waals surface area (Å²) in [6, 6.07) is 8.12. The molecule has 2 heterocycles. The van der Waals surface area contributed by atoms with Crippen molar-refractivity contribution in [3.05, 3.63) is 61.7 Å². The van der Waals surface area contributed by atoms with Gasteiger partial charge in [-0.2, -0.15) is 5.26 Å². The lowest BCUT2D eigenvalue weighted by atomic mass is 10.0. The number of benzene rings is 1. The topological polar surface area (TPSA) is 121 Å². The van der Waals surface area contributed by atoms with E-state index in [0.717, 1.165) is 0 Å². The third kappa shape index (κ3) is 2.05. The molecule has 1 aromatic heterocycles. The van der Waals surface area contributed by atoms with E-state index >= 15 is 0 Å². The van der Waals surface area contributed by atoms with E-state index in [-0.39, 0.29) is 28.2 Å². The highest BCUT2D eigenvalue weighted by Gasteiger charge is 2.30. The summed E-state index contributed by atoms with van der Waals surface area (Å²) in [6.07, 6.45) is 0. The van der Waals surface area contributed by atoms with E-state index in [1.807, 2.05) is 0 Å². The van der Waals surface area contributed by atoms with E-state index in [1.54, 1.807) is 24.3 Å². The van der Waals surface area contributed by atoms with Crippen LogP contribution in [0.4, 0.5) is 0 Å². The predicted molar refractivity (Wildman–Crippen MR) is 77.1 cm³/mol. The van der Waals surface area contributed by atoms with Crippen LogP contribution in [0.5, 0.6) is 0 Å². The molecule has 1 fully saturated rings. The Morgan fingerprint density at radius 2 is 2.00 bits per heavy atom. The van der Waals surface area contributed by atoms with Crippen molar-refractivity contribution < 1.29 is 9.34 Å². The normalized spacial score (nSPS) is 13.3. The Labute approximate surface area is 123 Å². The Balaban J connectivity index is 2.47. The third-order valence-electron chi connectivity index (χ3n) is 3.31. The Morgan fingerprint density at radius 3 is 2.64 bits per heavy atom. The monoisotopic (exact) mass is 298 g/mol. The van der Waals surface area contributed by atoms with Crippen LogP contribution in [0, 0.1) is 21.4 Å². The Kier molecular flexibility index (Phi) is 3.23. The van der Waals surface area contributed by atoms with Crippen molar-refractivity contribution in [2.24, 2.45) is 0 Å². The fraction of sp³-hybridized carbons (Fsp3) is 0.143. The van der Waals surface area contributed by atoms with Crippen LogP contribution in [-0.2, 0) is 0 Å². The average molecular weight is 298 g/mol. The number of rotatable bonds is 2. The van der Waals surface area contributed by atoms with Gasteiger partial charge < -0.3 is 15.1 Å². The second kappa shape index (κ2) is 5.21. The summed E-state index contributed by atoms with van der Waals surface area (Å²) in [5.41, 5.74) is -1.45. The molecule has 1 saturated heterocycles. The highest BCUT2D eigenvalue weighted by molar-refractivity contribution is 5.91. The first-order chi connectivity index (χ1) is 10.6. The highest BCUT2D eigenvalue weighted by atomic mass is 16.6. The first-order valence-electron chi connectivity index (χ1n) is 6.46. The van der Waals surface area contributed by atoms with Gasteiger partial charge in [0.1, 0.15) is 11.7 Å². The standard InChI is InChI=1S/C14H10N4O4/c15-7-9-11(12(18(20)21)13-16-5-6-17-13)8-3-1-2-4-10(8)22-14(9)19/h1-4,16-17H,5-6H2. The number of nitrogens with one attached hydrogen (secondary N) is 2. The number of para-hydroxylation sites is 1. The van der Waals surface area contributed by atoms with Crippen molar-refractivity contribution in [2.75, 3.05) is 13.1 Å². The molecular formula is C14H10N4O4. The smallest absolute Gasteiger partial charge is 0.355 e. The number of nitro groups is 1. The summed E-state index contributed by atoms with van der Waals surface area (Å²) in [5, 5.41) is 26.8. The van der Waals surface area contributed by atoms with Gasteiger partial charge in [0.05, 0.1) is 10.5 Å². The summed E-state index contributed by atoms with van der Waals surface area (Å²) >= 11 is 0. The van der Waals surface area contributed by atoms with Crippen LogP contribution < -0.4 is 16.3 Å². The minimum atomic E-state index is -0.894. The van der Waals surface area contributed by atoms with Gasteiger partial charge in [-0.05, 0) is 6.07 Å². The van der Waals surface area contributed by atoms with Crippen LogP contribution in [0.15, 0.2) is 39.3 Å². The lowest BCUT2D eigenvalue weighted by molar-refractivity contribution is -0.376. The van der Waals surface area contributed by atoms with Crippen LogP contribution in [-0.4, -0.2) is 18.0 Å². The Morgan fingerprint density at radius 1 is 1.32 bits per heavy atom. The third-order valence-corrected chi connectivity index (χ3v) is 3.31. The molecule has 1 aliphatic heterocycles. The fourth-order valence-corrected chi connectivity index (χ4v) is 2.41. The number of hydrogen-bond acceptors (Lipinski definition) is 7. The highest BCUT2D eigenvalue weighted by Crippen LogP contribution is 2.28. The molecule has 0 saturated carbocycles. The molecule has 2 aromatic rings. The maximum atomic E-state index is 12.0. The van der Waals surface area contributed by atoms with E-state index in [9.17, 15) is 20.2 Å². The largest absolute Gasteiger partial charge is 0.422 e. The fourth-order valence-electron chi connectivity index (χ4n) is 2.41. The second-order valence-corrected chi connectivity index (χ2v) is 4.58. The van der Waals surface area contributed by atoms with Gasteiger partial charge in [-0.15, -0.1) is 0 Å². The van der Waals surface area contributed by atoms with Crippen LogP contribution in [0.2, 0.25) is 0 Å². The van der Waals surface area contributed by atoms with Crippen LogP contribution >= 0.6 is 0 Å². The molecule has 22 heavy (non-hydrogen) atoms. The van der Waals surface area contributed by atoms with Gasteiger partial charge in [0.15, 0.2) is 11.4 Å². The first-order valence-corrected chi connectivity index (χ1v) is 6.46. The molecule has 0 atom stereocenters. The molecule has 0 amide bonds. The minimum absolute atomic E-state index is 0.0312. The van der Waals surface area contributed by atoms with Gasteiger partial charge in [0.25, 0.3) is 0 Å².